The van der Waals surface area contributed by atoms with Crippen molar-refractivity contribution in [3.05, 3.63) is 34.1 Å². The van der Waals surface area contributed by atoms with E-state index in [0.717, 1.165) is 4.47 Å². The smallest absolute Gasteiger partial charge is 0.410 e. The minimum Gasteiger partial charge on any atom is -0.444 e. The van der Waals surface area contributed by atoms with Gasteiger partial charge in [0.2, 0.25) is 0 Å². The summed E-state index contributed by atoms with van der Waals surface area (Å²) < 4.78 is 20.0. The summed E-state index contributed by atoms with van der Waals surface area (Å²) in [7, 11) is 0. The fourth-order valence-corrected chi connectivity index (χ4v) is 2.46. The van der Waals surface area contributed by atoms with Crippen molar-refractivity contribution in [3.8, 4) is 0 Å². The predicted molar refractivity (Wildman–Crippen MR) is 94.0 cm³/mol. The lowest BCUT2D eigenvalue weighted by Gasteiger charge is -2.27. The minimum absolute atomic E-state index is 0.148. The Bertz CT molecular complexity index is 532. The Balaban J connectivity index is 2.54. The van der Waals surface area contributed by atoms with E-state index in [1.807, 2.05) is 34.6 Å². The van der Waals surface area contributed by atoms with Crippen LogP contribution in [0.3, 0.4) is 0 Å². The maximum atomic E-state index is 13.8. The third-order valence-corrected chi connectivity index (χ3v) is 3.78. The van der Waals surface area contributed by atoms with Gasteiger partial charge in [-0.2, -0.15) is 0 Å². The van der Waals surface area contributed by atoms with Crippen LogP contribution in [0.4, 0.5) is 9.18 Å². The van der Waals surface area contributed by atoms with E-state index in [1.165, 1.54) is 6.07 Å². The molecule has 1 aromatic carbocycles. The predicted octanol–water partition coefficient (Wildman–Crippen LogP) is 4.50. The van der Waals surface area contributed by atoms with E-state index in [2.05, 4.69) is 21.2 Å². The van der Waals surface area contributed by atoms with Crippen LogP contribution in [0.25, 0.3) is 0 Å². The quantitative estimate of drug-likeness (QED) is 0.779. The second-order valence-electron chi connectivity index (χ2n) is 6.40. The summed E-state index contributed by atoms with van der Waals surface area (Å²) in [5.74, 6) is -0.243. The van der Waals surface area contributed by atoms with E-state index < -0.39 is 5.60 Å². The molecule has 6 heteroatoms. The first kappa shape index (κ1) is 19.9. The summed E-state index contributed by atoms with van der Waals surface area (Å²) in [6, 6.07) is 4.73. The normalized spacial score (nSPS) is 12.8. The third-order valence-electron chi connectivity index (χ3n) is 3.29. The average molecular weight is 389 g/mol. The molecule has 0 aliphatic heterocycles. The first-order chi connectivity index (χ1) is 10.6. The van der Waals surface area contributed by atoms with Gasteiger partial charge in [-0.15, -0.1) is 0 Å². The molecule has 1 atom stereocenters. The van der Waals surface area contributed by atoms with Crippen LogP contribution in [0, 0.1) is 5.82 Å². The first-order valence-corrected chi connectivity index (χ1v) is 8.59. The molecule has 0 aromatic heterocycles. The highest BCUT2D eigenvalue weighted by Gasteiger charge is 2.21. The Morgan fingerprint density at radius 2 is 2.09 bits per heavy atom. The van der Waals surface area contributed by atoms with Gasteiger partial charge in [0.25, 0.3) is 0 Å². The molecule has 1 unspecified atom stereocenters. The molecule has 0 saturated carbocycles. The van der Waals surface area contributed by atoms with Gasteiger partial charge in [-0.1, -0.05) is 15.9 Å². The number of hydrogen-bond acceptors (Lipinski definition) is 3. The number of nitrogens with one attached hydrogen (secondary N) is 1. The van der Waals surface area contributed by atoms with Crippen LogP contribution in [-0.4, -0.2) is 36.2 Å². The van der Waals surface area contributed by atoms with E-state index in [9.17, 15) is 9.18 Å². The monoisotopic (exact) mass is 388 g/mol. The van der Waals surface area contributed by atoms with Gasteiger partial charge in [0, 0.05) is 35.7 Å². The van der Waals surface area contributed by atoms with E-state index in [1.54, 1.807) is 17.0 Å². The maximum Gasteiger partial charge on any atom is 0.410 e. The van der Waals surface area contributed by atoms with E-state index in [-0.39, 0.29) is 18.0 Å². The van der Waals surface area contributed by atoms with Crippen LogP contribution in [0.2, 0.25) is 0 Å². The molecule has 0 heterocycles. The van der Waals surface area contributed by atoms with Crippen molar-refractivity contribution >= 4 is 22.0 Å². The SMILES string of the molecule is CCN(CCNC(C)c1cc(Br)ccc1F)C(=O)OC(C)(C)C. The van der Waals surface area contributed by atoms with Crippen LogP contribution in [0.5, 0.6) is 0 Å². The Hall–Kier alpha value is -1.14. The first-order valence-electron chi connectivity index (χ1n) is 7.80. The Morgan fingerprint density at radius 1 is 1.43 bits per heavy atom. The third kappa shape index (κ3) is 6.87. The fourth-order valence-electron chi connectivity index (χ4n) is 2.08. The number of carbonyl (C=O) groups is 1. The van der Waals surface area contributed by atoms with Crippen LogP contribution in [0.15, 0.2) is 22.7 Å². The van der Waals surface area contributed by atoms with Crippen LogP contribution < -0.4 is 5.32 Å². The van der Waals surface area contributed by atoms with E-state index in [4.69, 9.17) is 4.74 Å². The zero-order chi connectivity index (χ0) is 17.6. The number of hydrogen-bond donors (Lipinski definition) is 1. The van der Waals surface area contributed by atoms with Crippen molar-refractivity contribution in [1.82, 2.24) is 10.2 Å². The van der Waals surface area contributed by atoms with Crippen molar-refractivity contribution in [2.45, 2.75) is 46.3 Å². The Morgan fingerprint density at radius 3 is 2.65 bits per heavy atom. The van der Waals surface area contributed by atoms with Crippen LogP contribution in [0.1, 0.15) is 46.2 Å². The summed E-state index contributed by atoms with van der Waals surface area (Å²) in [6.07, 6.45) is -0.330. The largest absolute Gasteiger partial charge is 0.444 e. The highest BCUT2D eigenvalue weighted by molar-refractivity contribution is 9.10. The van der Waals surface area contributed by atoms with Gasteiger partial charge >= 0.3 is 6.09 Å². The molecule has 0 aliphatic carbocycles. The highest BCUT2D eigenvalue weighted by Crippen LogP contribution is 2.21. The number of benzene rings is 1. The van der Waals surface area contributed by atoms with Gasteiger partial charge in [-0.3, -0.25) is 0 Å². The number of ether oxygens (including phenoxy) is 1. The van der Waals surface area contributed by atoms with Gasteiger partial charge in [-0.05, 0) is 52.8 Å². The van der Waals surface area contributed by atoms with Gasteiger partial charge in [0.15, 0.2) is 0 Å². The topological polar surface area (TPSA) is 41.6 Å². The Kier molecular flexibility index (Phi) is 7.48. The summed E-state index contributed by atoms with van der Waals surface area (Å²) in [6.45, 7) is 11.0. The highest BCUT2D eigenvalue weighted by atomic mass is 79.9. The molecule has 130 valence electrons. The number of halogens is 2. The molecule has 1 N–H and O–H groups in total. The van der Waals surface area contributed by atoms with Gasteiger partial charge in [0.05, 0.1) is 0 Å². The second kappa shape index (κ2) is 8.64. The summed E-state index contributed by atoms with van der Waals surface area (Å²) >= 11 is 3.35. The molecule has 0 bridgehead atoms. The van der Waals surface area contributed by atoms with Crippen LogP contribution in [-0.2, 0) is 4.74 Å². The van der Waals surface area contributed by atoms with Crippen molar-refractivity contribution in [2.75, 3.05) is 19.6 Å². The zero-order valence-electron chi connectivity index (χ0n) is 14.5. The lowest BCUT2D eigenvalue weighted by molar-refractivity contribution is 0.0261. The fraction of sp³-hybridized carbons (Fsp3) is 0.588. The van der Waals surface area contributed by atoms with Crippen molar-refractivity contribution in [2.24, 2.45) is 0 Å². The molecule has 1 rings (SSSR count). The van der Waals surface area contributed by atoms with Gasteiger partial charge in [-0.25, -0.2) is 9.18 Å². The van der Waals surface area contributed by atoms with Crippen LogP contribution >= 0.6 is 15.9 Å². The molecule has 0 aliphatic rings. The lowest BCUT2D eigenvalue weighted by Crippen LogP contribution is -2.40. The standard InChI is InChI=1S/C17H26BrFN2O2/c1-6-21(16(22)23-17(3,4)5)10-9-20-12(2)14-11-13(18)7-8-15(14)19/h7-8,11-12,20H,6,9-10H2,1-5H3. The van der Waals surface area contributed by atoms with E-state index in [0.29, 0.717) is 25.2 Å². The molecule has 1 amide bonds. The molecule has 0 radical (unpaired) electrons. The number of rotatable bonds is 6. The van der Waals surface area contributed by atoms with Gasteiger partial charge < -0.3 is 15.0 Å². The van der Waals surface area contributed by atoms with Gasteiger partial charge in [0.1, 0.15) is 11.4 Å². The van der Waals surface area contributed by atoms with Crippen molar-refractivity contribution in [1.29, 1.82) is 0 Å². The van der Waals surface area contributed by atoms with E-state index >= 15 is 0 Å². The zero-order valence-corrected chi connectivity index (χ0v) is 16.0. The molecule has 0 saturated heterocycles. The van der Waals surface area contributed by atoms with Crippen molar-refractivity contribution in [3.63, 3.8) is 0 Å². The molecular formula is C17H26BrFN2O2. The maximum absolute atomic E-state index is 13.8. The number of nitrogens with zero attached hydrogens (tertiary/aromatic N) is 1. The summed E-state index contributed by atoms with van der Waals surface area (Å²) in [5.41, 5.74) is 0.0877. The second-order valence-corrected chi connectivity index (χ2v) is 7.32. The summed E-state index contributed by atoms with van der Waals surface area (Å²) in [5, 5.41) is 3.24. The van der Waals surface area contributed by atoms with Crippen molar-refractivity contribution < 1.29 is 13.9 Å². The average Bonchev–Trinajstić information content (AvgIpc) is 2.44. The molecule has 4 nitrogen and oxygen atoms in total. The molecule has 23 heavy (non-hydrogen) atoms. The molecule has 0 fully saturated rings. The number of carbonyl (C=O) groups excluding carboxylic acids is 1. The Labute approximate surface area is 146 Å². The minimum atomic E-state index is -0.509. The summed E-state index contributed by atoms with van der Waals surface area (Å²) in [4.78, 5) is 13.7. The number of amides is 1. The molecule has 0 spiro atoms. The number of likely N-dealkylation sites (N-methyl/N-ethyl adjacent to an activating group) is 1. The molecular weight excluding hydrogens is 363 g/mol. The molecule has 1 aromatic rings. The lowest BCUT2D eigenvalue weighted by atomic mass is 10.1.